The van der Waals surface area contributed by atoms with Crippen LogP contribution in [0.2, 0.25) is 0 Å². The number of esters is 4. The number of nitrogens with one attached hydrogen (secondary N) is 1. The van der Waals surface area contributed by atoms with E-state index in [1.807, 2.05) is 26.0 Å². The van der Waals surface area contributed by atoms with E-state index in [1.54, 1.807) is 12.1 Å². The van der Waals surface area contributed by atoms with E-state index in [0.29, 0.717) is 5.69 Å². The van der Waals surface area contributed by atoms with Crippen molar-refractivity contribution < 1.29 is 42.9 Å². The van der Waals surface area contributed by atoms with Gasteiger partial charge in [0.05, 0.1) is 0 Å². The molecule has 0 heterocycles. The van der Waals surface area contributed by atoms with Crippen LogP contribution in [0.5, 0.6) is 0 Å². The maximum absolute atomic E-state index is 13.1. The van der Waals surface area contributed by atoms with Crippen LogP contribution in [0, 0.1) is 0 Å². The molecule has 0 radical (unpaired) electrons. The minimum atomic E-state index is -1.70. The second kappa shape index (κ2) is 13.8. The summed E-state index contributed by atoms with van der Waals surface area (Å²) in [6, 6.07) is 6.96. The molecule has 188 valence electrons. The summed E-state index contributed by atoms with van der Waals surface area (Å²) in [5.74, 6) is -4.00. The van der Waals surface area contributed by atoms with Gasteiger partial charge in [0.1, 0.15) is 6.61 Å². The highest BCUT2D eigenvalue weighted by atomic mass is 16.6. The van der Waals surface area contributed by atoms with E-state index in [9.17, 15) is 24.0 Å². The van der Waals surface area contributed by atoms with Crippen molar-refractivity contribution in [3.63, 3.8) is 0 Å². The maximum atomic E-state index is 13.1. The molecule has 0 aliphatic heterocycles. The number of hydrogen-bond acceptors (Lipinski definition) is 10. The summed E-state index contributed by atoms with van der Waals surface area (Å²) in [5.41, 5.74) is 1.34. The van der Waals surface area contributed by atoms with Crippen LogP contribution in [0.3, 0.4) is 0 Å². The van der Waals surface area contributed by atoms with Gasteiger partial charge in [-0.2, -0.15) is 0 Å². The van der Waals surface area contributed by atoms with Crippen LogP contribution in [0.1, 0.15) is 41.5 Å². The van der Waals surface area contributed by atoms with Gasteiger partial charge in [0.2, 0.25) is 6.10 Å². The molecule has 11 heteroatoms. The molecule has 1 amide bonds. The van der Waals surface area contributed by atoms with Crippen molar-refractivity contribution in [1.29, 1.82) is 0 Å². The Bertz CT molecular complexity index is 866. The van der Waals surface area contributed by atoms with E-state index in [2.05, 4.69) is 10.2 Å². The first-order chi connectivity index (χ1) is 16.0. The fourth-order valence-corrected chi connectivity index (χ4v) is 3.14. The Hall–Kier alpha value is -3.63. The molecule has 0 saturated heterocycles. The summed E-state index contributed by atoms with van der Waals surface area (Å²) in [4.78, 5) is 61.6. The largest absolute Gasteiger partial charge is 0.462 e. The predicted molar refractivity (Wildman–Crippen MR) is 122 cm³/mol. The van der Waals surface area contributed by atoms with Gasteiger partial charge in [0.15, 0.2) is 12.2 Å². The number of benzene rings is 1. The SMILES string of the molecule is CCN(CC)c1ccc(NC(=O)[C@H](OC(C)=O)[C@@H](OC(C)=O)[C@H](COC(C)=O)OC(C)=O)cc1. The minimum Gasteiger partial charge on any atom is -0.462 e. The molecule has 0 spiro atoms. The van der Waals surface area contributed by atoms with E-state index in [0.717, 1.165) is 46.5 Å². The van der Waals surface area contributed by atoms with E-state index in [4.69, 9.17) is 18.9 Å². The second-order valence-electron chi connectivity index (χ2n) is 7.26. The molecule has 0 aliphatic carbocycles. The van der Waals surface area contributed by atoms with Crippen LogP contribution in [0.4, 0.5) is 11.4 Å². The van der Waals surface area contributed by atoms with Crippen molar-refractivity contribution in [2.45, 2.75) is 59.9 Å². The molecule has 3 atom stereocenters. The van der Waals surface area contributed by atoms with E-state index in [-0.39, 0.29) is 0 Å². The zero-order chi connectivity index (χ0) is 25.8. The van der Waals surface area contributed by atoms with Gasteiger partial charge >= 0.3 is 23.9 Å². The lowest BCUT2D eigenvalue weighted by Crippen LogP contribution is -2.52. The summed E-state index contributed by atoms with van der Waals surface area (Å²) in [7, 11) is 0. The van der Waals surface area contributed by atoms with Gasteiger partial charge in [-0.25, -0.2) is 0 Å². The zero-order valence-corrected chi connectivity index (χ0v) is 20.3. The van der Waals surface area contributed by atoms with Crippen molar-refractivity contribution in [3.05, 3.63) is 24.3 Å². The molecule has 1 aromatic rings. The van der Waals surface area contributed by atoms with Crippen molar-refractivity contribution in [3.8, 4) is 0 Å². The topological polar surface area (TPSA) is 138 Å². The molecule has 0 saturated carbocycles. The first-order valence-electron chi connectivity index (χ1n) is 10.8. The zero-order valence-electron chi connectivity index (χ0n) is 20.3. The third kappa shape index (κ3) is 9.47. The van der Waals surface area contributed by atoms with Gasteiger partial charge in [-0.3, -0.25) is 24.0 Å². The van der Waals surface area contributed by atoms with Crippen molar-refractivity contribution in [2.75, 3.05) is 29.9 Å². The van der Waals surface area contributed by atoms with Crippen LogP contribution < -0.4 is 10.2 Å². The van der Waals surface area contributed by atoms with Gasteiger partial charge in [-0.15, -0.1) is 0 Å². The normalized spacial score (nSPS) is 13.0. The standard InChI is InChI=1S/C23H32N2O9/c1-7-25(8-2)19-11-9-18(10-12-19)24-23(30)22(34-17(6)29)21(33-16(5)28)20(32-15(4)27)13-31-14(3)26/h9-12,20-22H,7-8,13H2,1-6H3,(H,24,30)/t20-,21-,22+/m0/s1. The Balaban J connectivity index is 3.25. The fourth-order valence-electron chi connectivity index (χ4n) is 3.14. The average Bonchev–Trinajstić information content (AvgIpc) is 2.75. The van der Waals surface area contributed by atoms with Gasteiger partial charge in [-0.05, 0) is 38.1 Å². The molecule has 1 aromatic carbocycles. The lowest BCUT2D eigenvalue weighted by atomic mass is 10.1. The summed E-state index contributed by atoms with van der Waals surface area (Å²) in [6.07, 6.45) is -4.70. The number of anilines is 2. The quantitative estimate of drug-likeness (QED) is 0.348. The Kier molecular flexibility index (Phi) is 11.5. The average molecular weight is 481 g/mol. The highest BCUT2D eigenvalue weighted by molar-refractivity contribution is 5.96. The van der Waals surface area contributed by atoms with Gasteiger partial charge in [-0.1, -0.05) is 0 Å². The Morgan fingerprint density at radius 1 is 0.794 bits per heavy atom. The third-order valence-electron chi connectivity index (χ3n) is 4.55. The van der Waals surface area contributed by atoms with E-state index >= 15 is 0 Å². The number of carbonyl (C=O) groups is 5. The molecular weight excluding hydrogens is 448 g/mol. The number of rotatable bonds is 12. The molecule has 1 rings (SSSR count). The molecule has 0 aliphatic rings. The first-order valence-corrected chi connectivity index (χ1v) is 10.8. The Morgan fingerprint density at radius 3 is 1.76 bits per heavy atom. The summed E-state index contributed by atoms with van der Waals surface area (Å²) in [5, 5.41) is 2.60. The van der Waals surface area contributed by atoms with Gasteiger partial charge < -0.3 is 29.2 Å². The second-order valence-corrected chi connectivity index (χ2v) is 7.26. The van der Waals surface area contributed by atoms with Gasteiger partial charge in [0.25, 0.3) is 5.91 Å². The molecule has 11 nitrogen and oxygen atoms in total. The molecule has 34 heavy (non-hydrogen) atoms. The van der Waals surface area contributed by atoms with Crippen molar-refractivity contribution in [2.24, 2.45) is 0 Å². The van der Waals surface area contributed by atoms with Crippen LogP contribution in [-0.2, 0) is 42.9 Å². The van der Waals surface area contributed by atoms with Crippen LogP contribution >= 0.6 is 0 Å². The third-order valence-corrected chi connectivity index (χ3v) is 4.55. The smallest absolute Gasteiger partial charge is 0.303 e. The molecular formula is C23H32N2O9. The number of hydrogen-bond donors (Lipinski definition) is 1. The molecule has 0 unspecified atom stereocenters. The summed E-state index contributed by atoms with van der Waals surface area (Å²) >= 11 is 0. The number of ether oxygens (including phenoxy) is 4. The number of carbonyl (C=O) groups excluding carboxylic acids is 5. The maximum Gasteiger partial charge on any atom is 0.303 e. The summed E-state index contributed by atoms with van der Waals surface area (Å²) in [6.45, 7) is 9.47. The van der Waals surface area contributed by atoms with Crippen molar-refractivity contribution >= 4 is 41.2 Å². The van der Waals surface area contributed by atoms with Gasteiger partial charge in [0, 0.05) is 52.2 Å². The monoisotopic (exact) mass is 480 g/mol. The first kappa shape index (κ1) is 28.4. The predicted octanol–water partition coefficient (Wildman–Crippen LogP) is 1.83. The summed E-state index contributed by atoms with van der Waals surface area (Å²) < 4.78 is 20.4. The number of nitrogens with zero attached hydrogens (tertiary/aromatic N) is 1. The Morgan fingerprint density at radius 2 is 1.32 bits per heavy atom. The van der Waals surface area contributed by atoms with Crippen LogP contribution in [0.25, 0.3) is 0 Å². The highest BCUT2D eigenvalue weighted by Gasteiger charge is 2.42. The Labute approximate surface area is 198 Å². The van der Waals surface area contributed by atoms with E-state index < -0.39 is 54.7 Å². The fraction of sp³-hybridized carbons (Fsp3) is 0.522. The molecule has 0 aromatic heterocycles. The van der Waals surface area contributed by atoms with Crippen LogP contribution in [0.15, 0.2) is 24.3 Å². The van der Waals surface area contributed by atoms with Crippen LogP contribution in [-0.4, -0.2) is 67.8 Å². The van der Waals surface area contributed by atoms with Crippen molar-refractivity contribution in [1.82, 2.24) is 0 Å². The molecule has 0 bridgehead atoms. The lowest BCUT2D eigenvalue weighted by Gasteiger charge is -2.30. The minimum absolute atomic E-state index is 0.392. The molecule has 1 N–H and O–H groups in total. The highest BCUT2D eigenvalue weighted by Crippen LogP contribution is 2.20. The molecule has 0 fully saturated rings. The number of amides is 1. The lowest BCUT2D eigenvalue weighted by molar-refractivity contribution is -0.190. The van der Waals surface area contributed by atoms with E-state index in [1.165, 1.54) is 0 Å².